The van der Waals surface area contributed by atoms with E-state index in [0.29, 0.717) is 30.0 Å². The number of ether oxygens (including phenoxy) is 1. The molecule has 1 aliphatic heterocycles. The number of nitrogens with zero attached hydrogens (tertiary/aromatic N) is 3. The number of rotatable bonds is 6. The Morgan fingerprint density at radius 3 is 3.00 bits per heavy atom. The lowest BCUT2D eigenvalue weighted by Gasteiger charge is -2.30. The van der Waals surface area contributed by atoms with Crippen LogP contribution in [0.25, 0.3) is 10.2 Å². The molecule has 1 saturated heterocycles. The summed E-state index contributed by atoms with van der Waals surface area (Å²) in [6, 6.07) is 0. The Hall–Kier alpha value is -1.38. The number of carbonyl (C=O) groups excluding carboxylic acids is 1. The van der Waals surface area contributed by atoms with Gasteiger partial charge in [0.1, 0.15) is 4.83 Å². The summed E-state index contributed by atoms with van der Waals surface area (Å²) in [6.45, 7) is 4.77. The lowest BCUT2D eigenvalue weighted by atomic mass is 10.0. The first-order valence-corrected chi connectivity index (χ1v) is 11.8. The molecule has 152 valence electrons. The lowest BCUT2D eigenvalue weighted by molar-refractivity contribution is -0.130. The largest absolute Gasteiger partial charge is 0.383 e. The third-order valence-corrected chi connectivity index (χ3v) is 7.79. The third kappa shape index (κ3) is 3.86. The highest BCUT2D eigenvalue weighted by Gasteiger charge is 2.25. The Labute approximate surface area is 173 Å². The van der Waals surface area contributed by atoms with Crippen molar-refractivity contribution in [3.63, 3.8) is 0 Å². The van der Waals surface area contributed by atoms with Crippen LogP contribution >= 0.6 is 23.1 Å². The fraction of sp³-hybridized carbons (Fsp3) is 0.650. The minimum atomic E-state index is 0.0167. The Morgan fingerprint density at radius 1 is 1.36 bits per heavy atom. The number of fused-ring (bicyclic) bond motifs is 3. The van der Waals surface area contributed by atoms with E-state index in [2.05, 4.69) is 6.92 Å². The summed E-state index contributed by atoms with van der Waals surface area (Å²) in [6.07, 6.45) is 5.39. The molecule has 0 aromatic carbocycles. The van der Waals surface area contributed by atoms with Crippen molar-refractivity contribution in [1.82, 2.24) is 14.5 Å². The molecule has 0 spiro atoms. The molecule has 1 fully saturated rings. The number of methoxy groups -OCH3 is 1. The average molecular weight is 422 g/mol. The summed E-state index contributed by atoms with van der Waals surface area (Å²) in [5.41, 5.74) is 1.21. The van der Waals surface area contributed by atoms with Crippen molar-refractivity contribution < 1.29 is 9.53 Å². The van der Waals surface area contributed by atoms with Gasteiger partial charge in [-0.25, -0.2) is 4.98 Å². The van der Waals surface area contributed by atoms with E-state index in [0.717, 1.165) is 49.0 Å². The van der Waals surface area contributed by atoms with E-state index in [4.69, 9.17) is 9.72 Å². The van der Waals surface area contributed by atoms with E-state index in [1.54, 1.807) is 23.0 Å². The molecule has 8 heteroatoms. The zero-order chi connectivity index (χ0) is 19.7. The van der Waals surface area contributed by atoms with Gasteiger partial charge in [0.05, 0.1) is 24.3 Å². The number of aromatic nitrogens is 2. The number of aryl methyl sites for hydroxylation is 2. The molecule has 2 aliphatic rings. The van der Waals surface area contributed by atoms with Gasteiger partial charge < -0.3 is 9.64 Å². The smallest absolute Gasteiger partial charge is 0.263 e. The van der Waals surface area contributed by atoms with Gasteiger partial charge in [0, 0.05) is 25.1 Å². The molecular weight excluding hydrogens is 394 g/mol. The topological polar surface area (TPSA) is 64.4 Å². The van der Waals surface area contributed by atoms with Crippen LogP contribution in [-0.2, 0) is 28.9 Å². The van der Waals surface area contributed by atoms with Crippen molar-refractivity contribution in [3.8, 4) is 0 Å². The number of piperidine rings is 1. The molecule has 3 heterocycles. The van der Waals surface area contributed by atoms with Crippen LogP contribution in [0.5, 0.6) is 0 Å². The fourth-order valence-electron chi connectivity index (χ4n) is 4.18. The van der Waals surface area contributed by atoms with Crippen molar-refractivity contribution in [2.24, 2.45) is 5.92 Å². The zero-order valence-electron chi connectivity index (χ0n) is 16.5. The molecule has 1 atom stereocenters. The summed E-state index contributed by atoms with van der Waals surface area (Å²) in [7, 11) is 1.63. The highest BCUT2D eigenvalue weighted by molar-refractivity contribution is 7.99. The predicted molar refractivity (Wildman–Crippen MR) is 113 cm³/mol. The van der Waals surface area contributed by atoms with Crippen molar-refractivity contribution >= 4 is 39.2 Å². The molecule has 28 heavy (non-hydrogen) atoms. The number of thioether (sulfide) groups is 1. The molecule has 0 N–H and O–H groups in total. The maximum absolute atomic E-state index is 13.2. The maximum Gasteiger partial charge on any atom is 0.263 e. The van der Waals surface area contributed by atoms with Gasteiger partial charge >= 0.3 is 0 Å². The molecule has 1 amide bonds. The minimum absolute atomic E-state index is 0.0167. The van der Waals surface area contributed by atoms with Crippen molar-refractivity contribution in [2.45, 2.75) is 50.7 Å². The first-order chi connectivity index (χ1) is 13.6. The first-order valence-electron chi connectivity index (χ1n) is 10.0. The van der Waals surface area contributed by atoms with E-state index in [1.165, 1.54) is 28.6 Å². The molecule has 0 unspecified atom stereocenters. The van der Waals surface area contributed by atoms with Crippen LogP contribution in [0.4, 0.5) is 0 Å². The maximum atomic E-state index is 13.2. The predicted octanol–water partition coefficient (Wildman–Crippen LogP) is 2.94. The van der Waals surface area contributed by atoms with Crippen molar-refractivity contribution in [1.29, 1.82) is 0 Å². The summed E-state index contributed by atoms with van der Waals surface area (Å²) in [5, 5.41) is 1.42. The second kappa shape index (κ2) is 8.55. The molecule has 0 bridgehead atoms. The first kappa shape index (κ1) is 19.9. The van der Waals surface area contributed by atoms with Crippen molar-refractivity contribution in [3.05, 3.63) is 20.8 Å². The van der Waals surface area contributed by atoms with E-state index < -0.39 is 0 Å². The molecule has 0 saturated carbocycles. The summed E-state index contributed by atoms with van der Waals surface area (Å²) < 4.78 is 6.91. The number of likely N-dealkylation sites (tertiary alicyclic amines) is 1. The fourth-order valence-corrected chi connectivity index (χ4v) is 6.41. The van der Waals surface area contributed by atoms with Gasteiger partial charge in [0.25, 0.3) is 5.56 Å². The van der Waals surface area contributed by atoms with E-state index in [1.807, 2.05) is 4.90 Å². The number of hydrogen-bond acceptors (Lipinski definition) is 6. The second-order valence-corrected chi connectivity index (χ2v) is 9.78. The van der Waals surface area contributed by atoms with Crippen LogP contribution < -0.4 is 5.56 Å². The number of hydrogen-bond donors (Lipinski definition) is 0. The van der Waals surface area contributed by atoms with E-state index >= 15 is 0 Å². The molecular formula is C20H27N3O3S2. The molecule has 6 nitrogen and oxygen atoms in total. The molecule has 2 aromatic heterocycles. The van der Waals surface area contributed by atoms with E-state index in [-0.39, 0.29) is 11.5 Å². The summed E-state index contributed by atoms with van der Waals surface area (Å²) in [5.74, 6) is 1.02. The SMILES string of the molecule is COCCn1c(SCC(=O)N2CCC[C@@H](C)C2)nc2sc3c(c2c1=O)CCC3. The average Bonchev–Trinajstić information content (AvgIpc) is 3.26. The van der Waals surface area contributed by atoms with Gasteiger partial charge in [-0.15, -0.1) is 11.3 Å². The standard InChI is InChI=1S/C20H27N3O3S2/c1-13-5-4-8-22(11-13)16(24)12-27-20-21-18-17(14-6-3-7-15(14)28-18)19(25)23(20)9-10-26-2/h13H,3-12H2,1-2H3/t13-/m1/s1. The highest BCUT2D eigenvalue weighted by atomic mass is 32.2. The van der Waals surface area contributed by atoms with Gasteiger partial charge in [-0.3, -0.25) is 14.2 Å². The van der Waals surface area contributed by atoms with Crippen LogP contribution in [0.3, 0.4) is 0 Å². The van der Waals surface area contributed by atoms with Gasteiger partial charge in [-0.05, 0) is 43.6 Å². The lowest BCUT2D eigenvalue weighted by Crippen LogP contribution is -2.40. The Morgan fingerprint density at radius 2 is 2.21 bits per heavy atom. The van der Waals surface area contributed by atoms with Gasteiger partial charge in [0.15, 0.2) is 5.16 Å². The monoisotopic (exact) mass is 421 g/mol. The third-order valence-electron chi connectivity index (χ3n) is 5.64. The number of thiophene rings is 1. The normalized spacial score (nSPS) is 19.4. The minimum Gasteiger partial charge on any atom is -0.383 e. The number of amides is 1. The van der Waals surface area contributed by atoms with Crippen LogP contribution in [0.15, 0.2) is 9.95 Å². The molecule has 2 aromatic rings. The zero-order valence-corrected chi connectivity index (χ0v) is 18.2. The Bertz CT molecular complexity index is 937. The summed E-state index contributed by atoms with van der Waals surface area (Å²) >= 11 is 3.03. The second-order valence-electron chi connectivity index (χ2n) is 7.76. The quantitative estimate of drug-likeness (QED) is 0.530. The Balaban J connectivity index is 1.60. The molecule has 4 rings (SSSR count). The van der Waals surface area contributed by atoms with Crippen LogP contribution in [0.1, 0.15) is 36.6 Å². The van der Waals surface area contributed by atoms with Crippen molar-refractivity contribution in [2.75, 3.05) is 32.6 Å². The molecule has 0 radical (unpaired) electrons. The summed E-state index contributed by atoms with van der Waals surface area (Å²) in [4.78, 5) is 34.8. The molecule has 1 aliphatic carbocycles. The highest BCUT2D eigenvalue weighted by Crippen LogP contribution is 2.35. The van der Waals surface area contributed by atoms with Gasteiger partial charge in [0.2, 0.25) is 5.91 Å². The van der Waals surface area contributed by atoms with Crippen LogP contribution in [-0.4, -0.2) is 52.9 Å². The van der Waals surface area contributed by atoms with Crippen LogP contribution in [0, 0.1) is 5.92 Å². The van der Waals surface area contributed by atoms with Gasteiger partial charge in [-0.2, -0.15) is 0 Å². The van der Waals surface area contributed by atoms with Gasteiger partial charge in [-0.1, -0.05) is 18.7 Å². The van der Waals surface area contributed by atoms with Crippen LogP contribution in [0.2, 0.25) is 0 Å². The Kier molecular flexibility index (Phi) is 6.08. The number of carbonyl (C=O) groups is 1. The van der Waals surface area contributed by atoms with E-state index in [9.17, 15) is 9.59 Å².